The second-order valence-corrected chi connectivity index (χ2v) is 7.67. The SMILES string of the molecule is Oc1ccc(N2CCN(Cc3csc(-c4ccccc4Cl)n3)CC2)cc1. The van der Waals surface area contributed by atoms with Gasteiger partial charge >= 0.3 is 0 Å². The molecular formula is C20H20ClN3OS. The molecule has 0 aliphatic carbocycles. The normalized spacial score (nSPS) is 15.3. The van der Waals surface area contributed by atoms with Gasteiger partial charge in [-0.25, -0.2) is 4.98 Å². The van der Waals surface area contributed by atoms with Gasteiger partial charge in [-0.1, -0.05) is 29.8 Å². The van der Waals surface area contributed by atoms with Gasteiger partial charge in [0.25, 0.3) is 0 Å². The number of phenolic OH excluding ortho intramolecular Hbond substituents is 1. The molecule has 0 bridgehead atoms. The summed E-state index contributed by atoms with van der Waals surface area (Å²) >= 11 is 7.93. The van der Waals surface area contributed by atoms with Gasteiger partial charge in [0.2, 0.25) is 0 Å². The highest BCUT2D eigenvalue weighted by Gasteiger charge is 2.18. The Hall–Kier alpha value is -2.08. The third-order valence-electron chi connectivity index (χ3n) is 4.63. The van der Waals surface area contributed by atoms with Crippen LogP contribution in [-0.4, -0.2) is 41.2 Å². The molecule has 0 spiro atoms. The van der Waals surface area contributed by atoms with Crippen LogP contribution in [-0.2, 0) is 6.54 Å². The van der Waals surface area contributed by atoms with E-state index in [0.29, 0.717) is 5.75 Å². The number of aromatic hydroxyl groups is 1. The molecule has 1 aliphatic rings. The van der Waals surface area contributed by atoms with E-state index in [1.807, 2.05) is 36.4 Å². The minimum Gasteiger partial charge on any atom is -0.508 e. The molecule has 1 fully saturated rings. The topological polar surface area (TPSA) is 39.6 Å². The van der Waals surface area contributed by atoms with Crippen LogP contribution in [0.15, 0.2) is 53.9 Å². The quantitative estimate of drug-likeness (QED) is 0.718. The Labute approximate surface area is 162 Å². The molecule has 1 aromatic heterocycles. The van der Waals surface area contributed by atoms with E-state index in [2.05, 4.69) is 15.2 Å². The monoisotopic (exact) mass is 385 g/mol. The van der Waals surface area contributed by atoms with Gasteiger partial charge in [-0.2, -0.15) is 0 Å². The first-order valence-corrected chi connectivity index (χ1v) is 9.90. The lowest BCUT2D eigenvalue weighted by molar-refractivity contribution is 0.247. The smallest absolute Gasteiger partial charge is 0.125 e. The number of piperazine rings is 1. The second-order valence-electron chi connectivity index (χ2n) is 6.40. The molecule has 3 aromatic rings. The van der Waals surface area contributed by atoms with Crippen LogP contribution in [0.25, 0.3) is 10.6 Å². The molecule has 2 heterocycles. The molecule has 0 atom stereocenters. The van der Waals surface area contributed by atoms with Gasteiger partial charge in [0.1, 0.15) is 10.8 Å². The van der Waals surface area contributed by atoms with E-state index in [1.165, 1.54) is 0 Å². The third-order valence-corrected chi connectivity index (χ3v) is 5.88. The van der Waals surface area contributed by atoms with Crippen LogP contribution in [0.2, 0.25) is 5.02 Å². The van der Waals surface area contributed by atoms with Gasteiger partial charge in [0.05, 0.1) is 10.7 Å². The van der Waals surface area contributed by atoms with Crippen molar-refractivity contribution in [3.8, 4) is 16.3 Å². The summed E-state index contributed by atoms with van der Waals surface area (Å²) in [6.07, 6.45) is 0. The van der Waals surface area contributed by atoms with Gasteiger partial charge in [-0.3, -0.25) is 4.90 Å². The zero-order valence-electron chi connectivity index (χ0n) is 14.3. The summed E-state index contributed by atoms with van der Waals surface area (Å²) in [6, 6.07) is 15.3. The average Bonchev–Trinajstić information content (AvgIpc) is 3.12. The molecule has 26 heavy (non-hydrogen) atoms. The van der Waals surface area contributed by atoms with E-state index in [0.717, 1.165) is 59.7 Å². The summed E-state index contributed by atoms with van der Waals surface area (Å²) in [5.41, 5.74) is 3.27. The Morgan fingerprint density at radius 1 is 1.00 bits per heavy atom. The molecule has 4 nitrogen and oxygen atoms in total. The van der Waals surface area contributed by atoms with Crippen LogP contribution in [0, 0.1) is 0 Å². The maximum Gasteiger partial charge on any atom is 0.125 e. The first-order valence-electron chi connectivity index (χ1n) is 8.65. The van der Waals surface area contributed by atoms with Crippen molar-refractivity contribution in [1.82, 2.24) is 9.88 Å². The Morgan fingerprint density at radius 3 is 2.46 bits per heavy atom. The van der Waals surface area contributed by atoms with Crippen molar-refractivity contribution in [1.29, 1.82) is 0 Å². The number of halogens is 1. The second kappa shape index (κ2) is 7.66. The molecule has 0 unspecified atom stereocenters. The number of nitrogens with zero attached hydrogens (tertiary/aromatic N) is 3. The van der Waals surface area contributed by atoms with Gasteiger partial charge in [-0.05, 0) is 30.3 Å². The molecule has 6 heteroatoms. The number of rotatable bonds is 4. The number of aromatic nitrogens is 1. The van der Waals surface area contributed by atoms with Crippen molar-refractivity contribution >= 4 is 28.6 Å². The third kappa shape index (κ3) is 3.85. The summed E-state index contributed by atoms with van der Waals surface area (Å²) < 4.78 is 0. The lowest BCUT2D eigenvalue weighted by Gasteiger charge is -2.35. The van der Waals surface area contributed by atoms with E-state index in [9.17, 15) is 5.11 Å². The van der Waals surface area contributed by atoms with E-state index < -0.39 is 0 Å². The van der Waals surface area contributed by atoms with Gasteiger partial charge in [0.15, 0.2) is 0 Å². The molecule has 0 amide bonds. The predicted molar refractivity (Wildman–Crippen MR) is 108 cm³/mol. The summed E-state index contributed by atoms with van der Waals surface area (Å²) in [4.78, 5) is 9.56. The molecule has 0 saturated carbocycles. The van der Waals surface area contributed by atoms with Gasteiger partial charge in [0, 0.05) is 49.4 Å². The molecule has 134 valence electrons. The molecule has 1 aliphatic heterocycles. The maximum absolute atomic E-state index is 9.42. The van der Waals surface area contributed by atoms with Crippen LogP contribution < -0.4 is 4.90 Å². The highest BCUT2D eigenvalue weighted by Crippen LogP contribution is 2.30. The first-order chi connectivity index (χ1) is 12.7. The minimum absolute atomic E-state index is 0.310. The summed E-state index contributed by atoms with van der Waals surface area (Å²) in [5.74, 6) is 0.310. The molecule has 0 radical (unpaired) electrons. The molecular weight excluding hydrogens is 366 g/mol. The number of hydrogen-bond donors (Lipinski definition) is 1. The van der Waals surface area contributed by atoms with Crippen molar-refractivity contribution in [2.24, 2.45) is 0 Å². The van der Waals surface area contributed by atoms with Crippen LogP contribution >= 0.6 is 22.9 Å². The lowest BCUT2D eigenvalue weighted by atomic mass is 10.2. The summed E-state index contributed by atoms with van der Waals surface area (Å²) in [7, 11) is 0. The largest absolute Gasteiger partial charge is 0.508 e. The Kier molecular flexibility index (Phi) is 5.11. The highest BCUT2D eigenvalue weighted by atomic mass is 35.5. The van der Waals surface area contributed by atoms with Crippen molar-refractivity contribution in [3.05, 3.63) is 64.6 Å². The van der Waals surface area contributed by atoms with Crippen molar-refractivity contribution in [3.63, 3.8) is 0 Å². The minimum atomic E-state index is 0.310. The van der Waals surface area contributed by atoms with E-state index >= 15 is 0 Å². The van der Waals surface area contributed by atoms with Gasteiger partial charge in [-0.15, -0.1) is 11.3 Å². The first kappa shape index (κ1) is 17.3. The number of phenols is 1. The Bertz CT molecular complexity index is 873. The van der Waals surface area contributed by atoms with Crippen molar-refractivity contribution in [2.75, 3.05) is 31.1 Å². The maximum atomic E-state index is 9.42. The van der Waals surface area contributed by atoms with Crippen molar-refractivity contribution < 1.29 is 5.11 Å². The number of benzene rings is 2. The van der Waals surface area contributed by atoms with Crippen molar-refractivity contribution in [2.45, 2.75) is 6.54 Å². The van der Waals surface area contributed by atoms with Crippen LogP contribution in [0.5, 0.6) is 5.75 Å². The zero-order valence-corrected chi connectivity index (χ0v) is 15.9. The fourth-order valence-corrected chi connectivity index (χ4v) is 4.33. The lowest BCUT2D eigenvalue weighted by Crippen LogP contribution is -2.46. The van der Waals surface area contributed by atoms with E-state index in [4.69, 9.17) is 16.6 Å². The molecule has 1 saturated heterocycles. The molecule has 4 rings (SSSR count). The highest BCUT2D eigenvalue weighted by molar-refractivity contribution is 7.13. The Morgan fingerprint density at radius 2 is 1.73 bits per heavy atom. The summed E-state index contributed by atoms with van der Waals surface area (Å²) in [6.45, 7) is 4.82. The van der Waals surface area contributed by atoms with Crippen LogP contribution in [0.4, 0.5) is 5.69 Å². The van der Waals surface area contributed by atoms with E-state index in [-0.39, 0.29) is 0 Å². The molecule has 1 N–H and O–H groups in total. The Balaban J connectivity index is 1.36. The standard InChI is InChI=1S/C20H20ClN3OS/c21-19-4-2-1-3-18(19)20-22-15(14-26-20)13-23-9-11-24(12-10-23)16-5-7-17(25)8-6-16/h1-8,14,25H,9-13H2. The molecule has 2 aromatic carbocycles. The van der Waals surface area contributed by atoms with Crippen LogP contribution in [0.3, 0.4) is 0 Å². The van der Waals surface area contributed by atoms with Gasteiger partial charge < -0.3 is 10.0 Å². The average molecular weight is 386 g/mol. The fourth-order valence-electron chi connectivity index (χ4n) is 3.19. The van der Waals surface area contributed by atoms with Crippen LogP contribution in [0.1, 0.15) is 5.69 Å². The predicted octanol–water partition coefficient (Wildman–Crippen LogP) is 4.49. The number of hydrogen-bond acceptors (Lipinski definition) is 5. The van der Waals surface area contributed by atoms with E-state index in [1.54, 1.807) is 23.5 Å². The number of anilines is 1. The zero-order chi connectivity index (χ0) is 17.9. The fraction of sp³-hybridized carbons (Fsp3) is 0.250. The summed E-state index contributed by atoms with van der Waals surface area (Å²) in [5, 5.41) is 13.3. The number of thiazole rings is 1.